The Morgan fingerprint density at radius 1 is 1.07 bits per heavy atom. The monoisotopic (exact) mass is 363 g/mol. The molecule has 0 radical (unpaired) electrons. The molecule has 1 unspecified atom stereocenters. The molecule has 1 N–H and O–H groups in total. The van der Waals surface area contributed by atoms with Crippen molar-refractivity contribution in [2.75, 3.05) is 13.2 Å². The second-order valence-corrected chi connectivity index (χ2v) is 7.91. The number of nitrogens with zero attached hydrogens (tertiary/aromatic N) is 1. The lowest BCUT2D eigenvalue weighted by molar-refractivity contribution is -0.148. The van der Waals surface area contributed by atoms with Crippen LogP contribution in [0.1, 0.15) is 36.3 Å². The fourth-order valence-electron chi connectivity index (χ4n) is 5.12. The van der Waals surface area contributed by atoms with Gasteiger partial charge in [-0.25, -0.2) is 4.79 Å². The number of hydrogen-bond donors (Lipinski definition) is 1. The van der Waals surface area contributed by atoms with Crippen molar-refractivity contribution in [1.82, 2.24) is 4.90 Å². The highest BCUT2D eigenvalue weighted by Gasteiger charge is 2.56. The van der Waals surface area contributed by atoms with Gasteiger partial charge in [0, 0.05) is 18.5 Å². The molecule has 2 fully saturated rings. The number of fused-ring (bicyclic) bond motifs is 5. The van der Waals surface area contributed by atoms with Crippen LogP contribution in [0.2, 0.25) is 0 Å². The molecule has 2 bridgehead atoms. The van der Waals surface area contributed by atoms with Gasteiger partial charge in [-0.15, -0.1) is 0 Å². The van der Waals surface area contributed by atoms with E-state index in [2.05, 4.69) is 24.3 Å². The summed E-state index contributed by atoms with van der Waals surface area (Å²) in [6, 6.07) is 16.4. The number of amides is 1. The molecule has 1 aliphatic heterocycles. The molecular formula is C22H21NO4. The third kappa shape index (κ3) is 2.37. The highest BCUT2D eigenvalue weighted by atomic mass is 16.6. The average Bonchev–Trinajstić information content (AvgIpc) is 3.37. The first-order chi connectivity index (χ1) is 13.1. The number of carboxylic acid groups (broad SMARTS) is 1. The van der Waals surface area contributed by atoms with Gasteiger partial charge in [-0.1, -0.05) is 48.5 Å². The largest absolute Gasteiger partial charge is 0.481 e. The van der Waals surface area contributed by atoms with Crippen LogP contribution in [-0.2, 0) is 9.53 Å². The van der Waals surface area contributed by atoms with Gasteiger partial charge in [-0.3, -0.25) is 4.79 Å². The molecule has 1 amide bonds. The minimum atomic E-state index is -0.793. The molecule has 0 spiro atoms. The molecule has 27 heavy (non-hydrogen) atoms. The third-order valence-corrected chi connectivity index (χ3v) is 6.52. The molecule has 5 rings (SSSR count). The van der Waals surface area contributed by atoms with Crippen LogP contribution in [0.4, 0.5) is 4.79 Å². The lowest BCUT2D eigenvalue weighted by atomic mass is 9.88. The molecule has 1 heterocycles. The minimum Gasteiger partial charge on any atom is -0.481 e. The fraction of sp³-hybridized carbons (Fsp3) is 0.364. The number of rotatable bonds is 3. The van der Waals surface area contributed by atoms with E-state index in [0.29, 0.717) is 12.8 Å². The second kappa shape index (κ2) is 5.84. The number of hydrogen-bond acceptors (Lipinski definition) is 3. The lowest BCUT2D eigenvalue weighted by Gasteiger charge is -2.29. The minimum absolute atomic E-state index is 0.00301. The molecule has 2 aromatic carbocycles. The molecular weight excluding hydrogens is 342 g/mol. The number of aliphatic carboxylic acids is 1. The van der Waals surface area contributed by atoms with E-state index >= 15 is 0 Å². The predicted molar refractivity (Wildman–Crippen MR) is 99.5 cm³/mol. The number of carbonyl (C=O) groups excluding carboxylic acids is 1. The van der Waals surface area contributed by atoms with Gasteiger partial charge in [-0.05, 0) is 41.5 Å². The van der Waals surface area contributed by atoms with Gasteiger partial charge in [0.1, 0.15) is 6.61 Å². The first kappa shape index (κ1) is 16.4. The maximum absolute atomic E-state index is 12.7. The van der Waals surface area contributed by atoms with Crippen molar-refractivity contribution >= 4 is 12.1 Å². The molecule has 0 aromatic heterocycles. The lowest BCUT2D eigenvalue weighted by Crippen LogP contribution is -2.42. The normalized spacial score (nSPS) is 25.3. The zero-order valence-electron chi connectivity index (χ0n) is 14.9. The van der Waals surface area contributed by atoms with Gasteiger partial charge < -0.3 is 14.7 Å². The molecule has 3 aliphatic rings. The molecule has 1 saturated carbocycles. The van der Waals surface area contributed by atoms with Gasteiger partial charge in [0.15, 0.2) is 0 Å². The molecule has 1 saturated heterocycles. The van der Waals surface area contributed by atoms with Gasteiger partial charge in [0.05, 0.1) is 5.41 Å². The van der Waals surface area contributed by atoms with Gasteiger partial charge in [0.25, 0.3) is 0 Å². The zero-order valence-corrected chi connectivity index (χ0v) is 14.9. The summed E-state index contributed by atoms with van der Waals surface area (Å²) in [4.78, 5) is 25.9. The van der Waals surface area contributed by atoms with Crippen molar-refractivity contribution in [3.05, 3.63) is 59.7 Å². The van der Waals surface area contributed by atoms with Crippen LogP contribution in [0, 0.1) is 5.41 Å². The van der Waals surface area contributed by atoms with E-state index in [9.17, 15) is 14.7 Å². The maximum atomic E-state index is 12.7. The summed E-state index contributed by atoms with van der Waals surface area (Å²) in [5, 5.41) is 9.53. The summed E-state index contributed by atoms with van der Waals surface area (Å²) in [5.41, 5.74) is 3.97. The number of carbonyl (C=O) groups is 2. The Balaban J connectivity index is 1.34. The molecule has 2 aliphatic carbocycles. The SMILES string of the molecule is O=C(OCC1c2ccccc2-c2ccccc21)N1CC2(C(=O)O)CC[C@H]1C2. The van der Waals surface area contributed by atoms with Gasteiger partial charge in [-0.2, -0.15) is 0 Å². The number of benzene rings is 2. The number of carboxylic acids is 1. The Hall–Kier alpha value is -2.82. The topological polar surface area (TPSA) is 66.8 Å². The van der Waals surface area contributed by atoms with Crippen LogP contribution in [0.25, 0.3) is 11.1 Å². The van der Waals surface area contributed by atoms with E-state index in [1.54, 1.807) is 4.90 Å². The molecule has 138 valence electrons. The summed E-state index contributed by atoms with van der Waals surface area (Å²) >= 11 is 0. The van der Waals surface area contributed by atoms with Crippen molar-refractivity contribution in [2.45, 2.75) is 31.2 Å². The molecule has 2 aromatic rings. The first-order valence-electron chi connectivity index (χ1n) is 9.44. The van der Waals surface area contributed by atoms with Crippen LogP contribution in [0.3, 0.4) is 0 Å². The number of likely N-dealkylation sites (tertiary alicyclic amines) is 1. The molecule has 2 atom stereocenters. The maximum Gasteiger partial charge on any atom is 0.410 e. The molecule has 5 nitrogen and oxygen atoms in total. The number of piperidine rings is 1. The summed E-state index contributed by atoms with van der Waals surface area (Å²) < 4.78 is 5.70. The standard InChI is InChI=1S/C22H21NO4/c24-20(25)22-10-9-14(11-22)23(13-22)21(26)27-12-19-17-7-3-1-5-15(17)16-6-2-4-8-18(16)19/h1-8,14,19H,9-13H2,(H,24,25)/t14-,22?/m0/s1. The molecule has 5 heteroatoms. The van der Waals surface area contributed by atoms with Crippen molar-refractivity contribution < 1.29 is 19.4 Å². The van der Waals surface area contributed by atoms with Crippen molar-refractivity contribution in [3.8, 4) is 11.1 Å². The summed E-state index contributed by atoms with van der Waals surface area (Å²) in [6.45, 7) is 0.541. The van der Waals surface area contributed by atoms with Crippen LogP contribution < -0.4 is 0 Å². The van der Waals surface area contributed by atoms with Crippen molar-refractivity contribution in [2.24, 2.45) is 5.41 Å². The van der Waals surface area contributed by atoms with E-state index in [4.69, 9.17) is 4.74 Å². The Labute approximate surface area is 157 Å². The summed E-state index contributed by atoms with van der Waals surface area (Å²) in [5.74, 6) is -0.770. The third-order valence-electron chi connectivity index (χ3n) is 6.52. The van der Waals surface area contributed by atoms with E-state index in [0.717, 1.165) is 6.42 Å². The van der Waals surface area contributed by atoms with E-state index in [1.165, 1.54) is 22.3 Å². The van der Waals surface area contributed by atoms with E-state index in [1.807, 2.05) is 24.3 Å². The van der Waals surface area contributed by atoms with E-state index < -0.39 is 11.4 Å². The van der Waals surface area contributed by atoms with Crippen LogP contribution >= 0.6 is 0 Å². The van der Waals surface area contributed by atoms with Gasteiger partial charge >= 0.3 is 12.1 Å². The highest BCUT2D eigenvalue weighted by Crippen LogP contribution is 2.48. The average molecular weight is 363 g/mol. The van der Waals surface area contributed by atoms with Crippen LogP contribution in [0.15, 0.2) is 48.5 Å². The first-order valence-corrected chi connectivity index (χ1v) is 9.44. The number of ether oxygens (including phenoxy) is 1. The van der Waals surface area contributed by atoms with Crippen LogP contribution in [0.5, 0.6) is 0 Å². The second-order valence-electron chi connectivity index (χ2n) is 7.91. The van der Waals surface area contributed by atoms with Crippen molar-refractivity contribution in [1.29, 1.82) is 0 Å². The Morgan fingerprint density at radius 2 is 1.70 bits per heavy atom. The van der Waals surface area contributed by atoms with Crippen molar-refractivity contribution in [3.63, 3.8) is 0 Å². The Bertz CT molecular complexity index is 894. The Morgan fingerprint density at radius 3 is 2.30 bits per heavy atom. The predicted octanol–water partition coefficient (Wildman–Crippen LogP) is 3.87. The quantitative estimate of drug-likeness (QED) is 0.899. The summed E-state index contributed by atoms with van der Waals surface area (Å²) in [7, 11) is 0. The zero-order chi connectivity index (χ0) is 18.6. The smallest absolute Gasteiger partial charge is 0.410 e. The Kier molecular flexibility index (Phi) is 3.54. The highest BCUT2D eigenvalue weighted by molar-refractivity contribution is 5.80. The fourth-order valence-corrected chi connectivity index (χ4v) is 5.12. The van der Waals surface area contributed by atoms with Crippen LogP contribution in [-0.4, -0.2) is 41.3 Å². The summed E-state index contributed by atoms with van der Waals surface area (Å²) in [6.07, 6.45) is 1.56. The van der Waals surface area contributed by atoms with E-state index in [-0.39, 0.29) is 31.2 Å². The van der Waals surface area contributed by atoms with Gasteiger partial charge in [0.2, 0.25) is 0 Å².